The Bertz CT molecular complexity index is 1170. The SMILES string of the molecule is COCCOc1cc(CC(=O)O)cc(S(=O)(=O)c2cccc(-c3ccc(Cl)cc3)c2)c1. The van der Waals surface area contributed by atoms with E-state index in [2.05, 4.69) is 0 Å². The topological polar surface area (TPSA) is 89.9 Å². The van der Waals surface area contributed by atoms with Crippen LogP contribution in [0.4, 0.5) is 0 Å². The quantitative estimate of drug-likeness (QED) is 0.473. The Morgan fingerprint density at radius 3 is 2.35 bits per heavy atom. The van der Waals surface area contributed by atoms with Gasteiger partial charge in [-0.15, -0.1) is 0 Å². The van der Waals surface area contributed by atoms with E-state index < -0.39 is 15.8 Å². The van der Waals surface area contributed by atoms with Gasteiger partial charge >= 0.3 is 5.97 Å². The summed E-state index contributed by atoms with van der Waals surface area (Å²) in [6, 6.07) is 17.9. The van der Waals surface area contributed by atoms with Gasteiger partial charge in [0.1, 0.15) is 12.4 Å². The van der Waals surface area contributed by atoms with Crippen LogP contribution in [0.1, 0.15) is 5.56 Å². The molecule has 0 unspecified atom stereocenters. The molecule has 0 atom stereocenters. The monoisotopic (exact) mass is 460 g/mol. The number of carboxylic acid groups (broad SMARTS) is 1. The summed E-state index contributed by atoms with van der Waals surface area (Å²) in [7, 11) is -2.40. The fraction of sp³-hybridized carbons (Fsp3) is 0.174. The van der Waals surface area contributed by atoms with Crippen LogP contribution < -0.4 is 4.74 Å². The Labute approximate surface area is 185 Å². The lowest BCUT2D eigenvalue weighted by molar-refractivity contribution is -0.136. The van der Waals surface area contributed by atoms with Crippen molar-refractivity contribution in [1.82, 2.24) is 0 Å². The van der Waals surface area contributed by atoms with Gasteiger partial charge in [-0.05, 0) is 59.2 Å². The molecule has 31 heavy (non-hydrogen) atoms. The molecule has 0 amide bonds. The third kappa shape index (κ3) is 5.85. The summed E-state index contributed by atoms with van der Waals surface area (Å²) in [5, 5.41) is 9.73. The van der Waals surface area contributed by atoms with Crippen LogP contribution in [0.2, 0.25) is 5.02 Å². The van der Waals surface area contributed by atoms with Crippen molar-refractivity contribution in [3.63, 3.8) is 0 Å². The summed E-state index contributed by atoms with van der Waals surface area (Å²) in [6.45, 7) is 0.521. The summed E-state index contributed by atoms with van der Waals surface area (Å²) in [5.74, 6) is -0.801. The van der Waals surface area contributed by atoms with Crippen LogP contribution in [-0.4, -0.2) is 39.8 Å². The average molecular weight is 461 g/mol. The number of aliphatic carboxylic acids is 1. The number of methoxy groups -OCH3 is 1. The van der Waals surface area contributed by atoms with Gasteiger partial charge in [0.05, 0.1) is 22.8 Å². The third-order valence-corrected chi connectivity index (χ3v) is 6.47. The minimum atomic E-state index is -3.92. The number of carbonyl (C=O) groups is 1. The molecule has 3 aromatic carbocycles. The van der Waals surface area contributed by atoms with E-state index in [0.717, 1.165) is 11.1 Å². The minimum absolute atomic E-state index is 0.0353. The lowest BCUT2D eigenvalue weighted by atomic mass is 10.1. The number of benzene rings is 3. The largest absolute Gasteiger partial charge is 0.491 e. The van der Waals surface area contributed by atoms with Crippen LogP contribution in [0, 0.1) is 0 Å². The second-order valence-corrected chi connectivity index (χ2v) is 9.15. The number of hydrogen-bond acceptors (Lipinski definition) is 5. The van der Waals surface area contributed by atoms with E-state index in [9.17, 15) is 13.2 Å². The van der Waals surface area contributed by atoms with Crippen LogP contribution in [0.25, 0.3) is 11.1 Å². The molecule has 0 bridgehead atoms. The van der Waals surface area contributed by atoms with Gasteiger partial charge in [-0.1, -0.05) is 35.9 Å². The van der Waals surface area contributed by atoms with E-state index in [1.807, 2.05) is 18.2 Å². The van der Waals surface area contributed by atoms with E-state index >= 15 is 0 Å². The van der Waals surface area contributed by atoms with Gasteiger partial charge in [0.15, 0.2) is 0 Å². The minimum Gasteiger partial charge on any atom is -0.491 e. The van der Waals surface area contributed by atoms with Gasteiger partial charge < -0.3 is 14.6 Å². The predicted octanol–water partition coefficient (Wildman–Crippen LogP) is 4.49. The first-order chi connectivity index (χ1) is 14.8. The van der Waals surface area contributed by atoms with Gasteiger partial charge in [0.2, 0.25) is 9.84 Å². The molecule has 0 radical (unpaired) electrons. The van der Waals surface area contributed by atoms with Crippen LogP contribution in [0.5, 0.6) is 5.75 Å². The first kappa shape index (κ1) is 22.8. The number of sulfone groups is 1. The number of ether oxygens (including phenoxy) is 2. The Balaban J connectivity index is 2.02. The molecular weight excluding hydrogens is 440 g/mol. The normalized spacial score (nSPS) is 11.3. The van der Waals surface area contributed by atoms with Crippen molar-refractivity contribution in [2.75, 3.05) is 20.3 Å². The van der Waals surface area contributed by atoms with Gasteiger partial charge in [0.25, 0.3) is 0 Å². The second kappa shape index (κ2) is 9.96. The van der Waals surface area contributed by atoms with Gasteiger partial charge in [-0.2, -0.15) is 0 Å². The van der Waals surface area contributed by atoms with Crippen molar-refractivity contribution in [2.45, 2.75) is 16.2 Å². The molecule has 0 aliphatic heterocycles. The molecule has 3 aromatic rings. The molecule has 0 spiro atoms. The summed E-state index contributed by atoms with van der Waals surface area (Å²) in [4.78, 5) is 11.2. The smallest absolute Gasteiger partial charge is 0.307 e. The molecule has 0 heterocycles. The highest BCUT2D eigenvalue weighted by molar-refractivity contribution is 7.91. The Hall–Kier alpha value is -2.87. The van der Waals surface area contributed by atoms with Crippen LogP contribution >= 0.6 is 11.6 Å². The molecule has 8 heteroatoms. The summed E-state index contributed by atoms with van der Waals surface area (Å²) in [5.41, 5.74) is 1.87. The molecule has 0 saturated carbocycles. The molecule has 1 N–H and O–H groups in total. The summed E-state index contributed by atoms with van der Waals surface area (Å²) >= 11 is 5.94. The molecule has 0 aliphatic carbocycles. The lowest BCUT2D eigenvalue weighted by Gasteiger charge is -2.12. The van der Waals surface area contributed by atoms with Crippen molar-refractivity contribution in [3.8, 4) is 16.9 Å². The fourth-order valence-corrected chi connectivity index (χ4v) is 4.53. The highest BCUT2D eigenvalue weighted by Gasteiger charge is 2.21. The zero-order valence-corrected chi connectivity index (χ0v) is 18.3. The maximum atomic E-state index is 13.3. The van der Waals surface area contributed by atoms with Crippen LogP contribution in [0.15, 0.2) is 76.5 Å². The number of hydrogen-bond donors (Lipinski definition) is 1. The number of rotatable bonds is 9. The Morgan fingerprint density at radius 2 is 1.68 bits per heavy atom. The average Bonchev–Trinajstić information content (AvgIpc) is 2.74. The van der Waals surface area contributed by atoms with Crippen LogP contribution in [0.3, 0.4) is 0 Å². The summed E-state index contributed by atoms with van der Waals surface area (Å²) < 4.78 is 37.2. The van der Waals surface area contributed by atoms with Crippen molar-refractivity contribution < 1.29 is 27.8 Å². The zero-order valence-electron chi connectivity index (χ0n) is 16.7. The summed E-state index contributed by atoms with van der Waals surface area (Å²) in [6.07, 6.45) is -0.325. The van der Waals surface area contributed by atoms with Gasteiger partial charge in [0, 0.05) is 12.1 Å². The van der Waals surface area contributed by atoms with Crippen molar-refractivity contribution in [3.05, 3.63) is 77.3 Å². The number of carboxylic acids is 1. The highest BCUT2D eigenvalue weighted by Crippen LogP contribution is 2.30. The first-order valence-corrected chi connectivity index (χ1v) is 11.2. The Morgan fingerprint density at radius 1 is 0.935 bits per heavy atom. The molecule has 0 saturated heterocycles. The zero-order chi connectivity index (χ0) is 22.4. The molecule has 0 aliphatic rings. The first-order valence-electron chi connectivity index (χ1n) is 9.38. The third-order valence-electron chi connectivity index (χ3n) is 4.48. The van der Waals surface area contributed by atoms with Crippen LogP contribution in [-0.2, 0) is 25.8 Å². The van der Waals surface area contributed by atoms with E-state index in [1.54, 1.807) is 24.3 Å². The maximum absolute atomic E-state index is 13.3. The Kier molecular flexibility index (Phi) is 7.33. The molecule has 3 rings (SSSR count). The maximum Gasteiger partial charge on any atom is 0.307 e. The van der Waals surface area contributed by atoms with E-state index in [-0.39, 0.29) is 28.6 Å². The molecule has 6 nitrogen and oxygen atoms in total. The second-order valence-electron chi connectivity index (χ2n) is 6.76. The van der Waals surface area contributed by atoms with Crippen molar-refractivity contribution in [1.29, 1.82) is 0 Å². The molecular formula is C23H21ClO6S. The molecule has 0 aromatic heterocycles. The van der Waals surface area contributed by atoms with Crippen molar-refractivity contribution >= 4 is 27.4 Å². The van der Waals surface area contributed by atoms with Gasteiger partial charge in [-0.25, -0.2) is 8.42 Å². The lowest BCUT2D eigenvalue weighted by Crippen LogP contribution is -2.08. The standard InChI is InChI=1S/C23H21ClO6S/c1-29-9-10-30-20-11-16(13-23(25)26)12-22(15-20)31(27,28)21-4-2-3-18(14-21)17-5-7-19(24)8-6-17/h2-8,11-12,14-15H,9-10,13H2,1H3,(H,25,26). The van der Waals surface area contributed by atoms with Crippen molar-refractivity contribution in [2.24, 2.45) is 0 Å². The molecule has 0 fully saturated rings. The highest BCUT2D eigenvalue weighted by atomic mass is 35.5. The fourth-order valence-electron chi connectivity index (χ4n) is 3.01. The number of halogens is 1. The predicted molar refractivity (Wildman–Crippen MR) is 117 cm³/mol. The van der Waals surface area contributed by atoms with Gasteiger partial charge in [-0.3, -0.25) is 4.79 Å². The van der Waals surface area contributed by atoms with E-state index in [1.165, 1.54) is 31.4 Å². The van der Waals surface area contributed by atoms with E-state index in [4.69, 9.17) is 26.2 Å². The molecule has 162 valence electrons. The van der Waals surface area contributed by atoms with E-state index in [0.29, 0.717) is 17.2 Å².